The van der Waals surface area contributed by atoms with Gasteiger partial charge in [-0.15, -0.1) is 0 Å². The first kappa shape index (κ1) is 34.0. The SMILES string of the molecule is CO[Si](CC[SH]=C(SSSSC(=[SH]CC[Si](OC)(OC)OC)N(C)C)N(C)C)(OC)OC. The van der Waals surface area contributed by atoms with E-state index in [1.165, 1.54) is 31.3 Å². The molecule has 0 aromatic rings. The highest BCUT2D eigenvalue weighted by atomic mass is 33.7. The van der Waals surface area contributed by atoms with Crippen LogP contribution in [0.2, 0.25) is 12.1 Å². The minimum Gasteiger partial charge on any atom is -0.377 e. The molecule has 0 saturated heterocycles. The van der Waals surface area contributed by atoms with E-state index in [-0.39, 0.29) is 0 Å². The summed E-state index contributed by atoms with van der Waals surface area (Å²) < 4.78 is 35.7. The van der Waals surface area contributed by atoms with E-state index in [0.29, 0.717) is 0 Å². The second kappa shape index (κ2) is 19.1. The lowest BCUT2D eigenvalue weighted by Gasteiger charge is -2.24. The van der Waals surface area contributed by atoms with Crippen LogP contribution in [0.25, 0.3) is 0 Å². The first-order valence-electron chi connectivity index (χ1n) is 9.61. The van der Waals surface area contributed by atoms with Crippen LogP contribution < -0.4 is 0 Å². The van der Waals surface area contributed by atoms with E-state index in [1.807, 2.05) is 0 Å². The van der Waals surface area contributed by atoms with Gasteiger partial charge in [0.05, 0.1) is 8.64 Å². The van der Waals surface area contributed by atoms with Crippen molar-refractivity contribution in [1.82, 2.24) is 9.80 Å². The van der Waals surface area contributed by atoms with Crippen molar-refractivity contribution in [3.8, 4) is 0 Å². The second-order valence-corrected chi connectivity index (χ2v) is 21.3. The van der Waals surface area contributed by atoms with Gasteiger partial charge in [0.2, 0.25) is 0 Å². The first-order valence-corrected chi connectivity index (χ1v) is 20.4. The third kappa shape index (κ3) is 12.8. The highest BCUT2D eigenvalue weighted by Crippen LogP contribution is 2.45. The van der Waals surface area contributed by atoms with Crippen LogP contribution in [-0.4, -0.2) is 118 Å². The Bertz CT molecular complexity index is 505. The molecule has 0 aromatic carbocycles. The summed E-state index contributed by atoms with van der Waals surface area (Å²) in [6.07, 6.45) is 0. The van der Waals surface area contributed by atoms with Gasteiger partial charge in [-0.05, 0) is 80.9 Å². The van der Waals surface area contributed by atoms with Crippen molar-refractivity contribution in [3.63, 3.8) is 0 Å². The van der Waals surface area contributed by atoms with E-state index in [1.54, 1.807) is 83.9 Å². The molecule has 0 rings (SSSR count). The van der Waals surface area contributed by atoms with Crippen LogP contribution in [-0.2, 0) is 26.6 Å². The van der Waals surface area contributed by atoms with Gasteiger partial charge in [-0.1, -0.05) is 0 Å². The fourth-order valence-electron chi connectivity index (χ4n) is 2.26. The average Bonchev–Trinajstić information content (AvgIpc) is 2.79. The third-order valence-electron chi connectivity index (χ3n) is 4.21. The number of thiol groups is 2. The van der Waals surface area contributed by atoms with E-state index in [9.17, 15) is 0 Å². The lowest BCUT2D eigenvalue weighted by molar-refractivity contribution is 0.125. The van der Waals surface area contributed by atoms with Crippen molar-refractivity contribution < 1.29 is 26.6 Å². The highest BCUT2D eigenvalue weighted by molar-refractivity contribution is 9.29. The molecule has 194 valence electrons. The zero-order chi connectivity index (χ0) is 24.6. The van der Waals surface area contributed by atoms with Crippen molar-refractivity contribution in [2.75, 3.05) is 82.4 Å². The summed E-state index contributed by atoms with van der Waals surface area (Å²) in [5.74, 6) is 1.86. The van der Waals surface area contributed by atoms with Gasteiger partial charge in [-0.25, -0.2) is 0 Å². The first-order chi connectivity index (χ1) is 15.2. The van der Waals surface area contributed by atoms with Crippen LogP contribution in [0.3, 0.4) is 0 Å². The Hall–Kier alpha value is 1.95. The molecule has 0 saturated carbocycles. The lowest BCUT2D eigenvalue weighted by atomic mass is 11.0. The molecule has 0 aliphatic carbocycles. The molecule has 0 amide bonds. The summed E-state index contributed by atoms with van der Waals surface area (Å²) in [4.78, 5) is 4.33. The largest absolute Gasteiger partial charge is 0.500 e. The zero-order valence-electron chi connectivity index (χ0n) is 20.7. The zero-order valence-corrected chi connectivity index (χ0v) is 27.8. The Balaban J connectivity index is 4.74. The summed E-state index contributed by atoms with van der Waals surface area (Å²) >= 11 is 2.47. The van der Waals surface area contributed by atoms with E-state index < -0.39 is 17.6 Å². The molecule has 8 nitrogen and oxygen atoms in total. The maximum Gasteiger partial charge on any atom is 0.500 e. The van der Waals surface area contributed by atoms with Crippen molar-refractivity contribution in [3.05, 3.63) is 0 Å². The Labute approximate surface area is 219 Å². The Morgan fingerprint density at radius 1 is 0.594 bits per heavy atom. The monoisotopic (exact) mass is 604 g/mol. The molecule has 0 N–H and O–H groups in total. The van der Waals surface area contributed by atoms with Gasteiger partial charge in [0, 0.05) is 54.7 Å². The van der Waals surface area contributed by atoms with Gasteiger partial charge in [-0.3, -0.25) is 9.80 Å². The minimum absolute atomic E-state index is 0.787. The van der Waals surface area contributed by atoms with E-state index in [2.05, 4.69) is 38.0 Å². The Morgan fingerprint density at radius 2 is 0.875 bits per heavy atom. The normalized spacial score (nSPS) is 14.6. The quantitative estimate of drug-likeness (QED) is 0.0943. The number of hydrogen-bond donors (Lipinski definition) is 2. The third-order valence-corrected chi connectivity index (χ3v) is 20.8. The fraction of sp³-hybridized carbons (Fsp3) is 0.875. The van der Waals surface area contributed by atoms with Crippen LogP contribution in [0.1, 0.15) is 0 Å². The smallest absolute Gasteiger partial charge is 0.377 e. The van der Waals surface area contributed by atoms with Crippen molar-refractivity contribution >= 4 is 90.2 Å². The standard InChI is InChI=1S/C16H40N2O6S6Si2/c1-17(2)15(25-11-13-31(19-5,20-6)21-7)27-29-30-28-16(18(3)4)26-12-14-32(22-8,23-9)24-10/h25-26H,11-14H2,1-10H3. The molecule has 32 heavy (non-hydrogen) atoms. The molecular weight excluding hydrogens is 565 g/mol. The summed E-state index contributed by atoms with van der Waals surface area (Å²) in [5.41, 5.74) is 0. The van der Waals surface area contributed by atoms with Crippen LogP contribution in [0.4, 0.5) is 0 Å². The molecule has 0 aliphatic rings. The molecular formula is C16H40N2O6S6Si2. The Morgan fingerprint density at radius 3 is 1.09 bits per heavy atom. The molecule has 0 spiro atoms. The fourth-order valence-corrected chi connectivity index (χ4v) is 17.1. The number of rotatable bonds is 15. The number of hydrogen-bond acceptors (Lipinski definition) is 10. The topological polar surface area (TPSA) is 61.9 Å². The lowest BCUT2D eigenvalue weighted by Crippen LogP contribution is -2.43. The van der Waals surface area contributed by atoms with Gasteiger partial charge >= 0.3 is 17.6 Å². The molecule has 0 bridgehead atoms. The van der Waals surface area contributed by atoms with E-state index in [4.69, 9.17) is 26.6 Å². The summed E-state index contributed by atoms with van der Waals surface area (Å²) in [6.45, 7) is 0. The van der Waals surface area contributed by atoms with Gasteiger partial charge in [0.1, 0.15) is 0 Å². The van der Waals surface area contributed by atoms with Crippen molar-refractivity contribution in [2.24, 2.45) is 0 Å². The number of nitrogens with zero attached hydrogens (tertiary/aromatic N) is 2. The second-order valence-electron chi connectivity index (χ2n) is 6.51. The van der Waals surface area contributed by atoms with Crippen LogP contribution in [0.5, 0.6) is 0 Å². The highest BCUT2D eigenvalue weighted by Gasteiger charge is 2.37. The van der Waals surface area contributed by atoms with Crippen LogP contribution in [0.15, 0.2) is 0 Å². The van der Waals surface area contributed by atoms with Crippen molar-refractivity contribution in [2.45, 2.75) is 12.1 Å². The predicted octanol–water partition coefficient (Wildman–Crippen LogP) is 3.65. The van der Waals surface area contributed by atoms with Gasteiger partial charge in [0.25, 0.3) is 0 Å². The molecule has 0 aromatic heterocycles. The van der Waals surface area contributed by atoms with E-state index in [0.717, 1.165) is 23.6 Å². The average molecular weight is 605 g/mol. The predicted molar refractivity (Wildman–Crippen MR) is 159 cm³/mol. The summed E-state index contributed by atoms with van der Waals surface area (Å²) in [7, 11) is 20.4. The minimum atomic E-state index is -2.52. The van der Waals surface area contributed by atoms with Crippen molar-refractivity contribution in [1.29, 1.82) is 0 Å². The van der Waals surface area contributed by atoms with Gasteiger partial charge in [-0.2, -0.15) is 22.7 Å². The molecule has 0 radical (unpaired) electrons. The molecule has 0 atom stereocenters. The molecule has 0 unspecified atom stereocenters. The van der Waals surface area contributed by atoms with Crippen LogP contribution in [0, 0.1) is 0 Å². The van der Waals surface area contributed by atoms with E-state index >= 15 is 0 Å². The molecule has 0 aliphatic heterocycles. The maximum absolute atomic E-state index is 5.52. The maximum atomic E-state index is 5.52. The molecule has 0 fully saturated rings. The Kier molecular flexibility index (Phi) is 20.3. The van der Waals surface area contributed by atoms with Gasteiger partial charge < -0.3 is 26.6 Å². The van der Waals surface area contributed by atoms with Crippen LogP contribution >= 0.6 is 63.9 Å². The molecule has 16 heteroatoms. The van der Waals surface area contributed by atoms with Gasteiger partial charge in [0.15, 0.2) is 0 Å². The summed E-state index contributed by atoms with van der Waals surface area (Å²) in [6, 6.07) is 1.57. The summed E-state index contributed by atoms with van der Waals surface area (Å²) in [5, 5.41) is 0. The molecule has 0 heterocycles.